The lowest BCUT2D eigenvalue weighted by molar-refractivity contribution is -0.145. The van der Waals surface area contributed by atoms with Gasteiger partial charge in [-0.05, 0) is 40.5 Å². The normalized spacial score (nSPS) is 19.2. The molecule has 0 aliphatic carbocycles. The maximum absolute atomic E-state index is 13.6. The zero-order valence-electron chi connectivity index (χ0n) is 22.3. The van der Waals surface area contributed by atoms with Gasteiger partial charge in [0.2, 0.25) is 17.7 Å². The predicted molar refractivity (Wildman–Crippen MR) is 143 cm³/mol. The molecule has 3 amide bonds. The van der Waals surface area contributed by atoms with Crippen LogP contribution in [-0.2, 0) is 20.9 Å². The SMILES string of the molecule is Cc1ccsc1-c1ccc(CNC(=O)[C@@H]2C[C@@H](O)CN2C(=O)[C@@H](NC(=O)C(C)(C)C)C(C)(C)C)cc1. The molecule has 1 aromatic heterocycles. The van der Waals surface area contributed by atoms with Crippen LogP contribution in [0.5, 0.6) is 0 Å². The Morgan fingerprint density at radius 3 is 2.25 bits per heavy atom. The number of nitrogens with one attached hydrogen (secondary N) is 2. The fourth-order valence-electron chi connectivity index (χ4n) is 4.22. The van der Waals surface area contributed by atoms with E-state index in [4.69, 9.17) is 0 Å². The van der Waals surface area contributed by atoms with Gasteiger partial charge in [-0.15, -0.1) is 11.3 Å². The van der Waals surface area contributed by atoms with Gasteiger partial charge in [0, 0.05) is 29.8 Å². The second kappa shape index (κ2) is 10.7. The number of nitrogens with zero attached hydrogens (tertiary/aromatic N) is 1. The summed E-state index contributed by atoms with van der Waals surface area (Å²) in [6.45, 7) is 13.5. The van der Waals surface area contributed by atoms with Crippen LogP contribution < -0.4 is 10.6 Å². The summed E-state index contributed by atoms with van der Waals surface area (Å²) in [5.74, 6) is -0.905. The third kappa shape index (κ3) is 6.53. The van der Waals surface area contributed by atoms with Crippen LogP contribution in [0.25, 0.3) is 10.4 Å². The minimum atomic E-state index is -0.821. The largest absolute Gasteiger partial charge is 0.391 e. The minimum Gasteiger partial charge on any atom is -0.391 e. The Labute approximate surface area is 218 Å². The Kier molecular flexibility index (Phi) is 8.30. The van der Waals surface area contributed by atoms with Gasteiger partial charge in [0.05, 0.1) is 6.10 Å². The summed E-state index contributed by atoms with van der Waals surface area (Å²) in [6.07, 6.45) is -0.630. The Morgan fingerprint density at radius 2 is 1.72 bits per heavy atom. The Hall–Kier alpha value is -2.71. The molecule has 1 aliphatic rings. The first-order valence-electron chi connectivity index (χ1n) is 12.4. The van der Waals surface area contributed by atoms with Gasteiger partial charge in [-0.1, -0.05) is 65.8 Å². The number of thiophene rings is 1. The molecule has 1 aromatic carbocycles. The van der Waals surface area contributed by atoms with Gasteiger partial charge < -0.3 is 20.6 Å². The van der Waals surface area contributed by atoms with Gasteiger partial charge in [0.1, 0.15) is 12.1 Å². The molecule has 3 atom stereocenters. The van der Waals surface area contributed by atoms with E-state index in [-0.39, 0.29) is 30.7 Å². The van der Waals surface area contributed by atoms with E-state index in [1.54, 1.807) is 32.1 Å². The summed E-state index contributed by atoms with van der Waals surface area (Å²) >= 11 is 1.70. The van der Waals surface area contributed by atoms with Crippen molar-refractivity contribution in [3.63, 3.8) is 0 Å². The second-order valence-corrected chi connectivity index (χ2v) is 12.7. The number of aliphatic hydroxyl groups excluding tert-OH is 1. The molecule has 196 valence electrons. The molecule has 7 nitrogen and oxygen atoms in total. The van der Waals surface area contributed by atoms with Crippen molar-refractivity contribution in [3.05, 3.63) is 46.8 Å². The number of benzene rings is 1. The van der Waals surface area contributed by atoms with Crippen LogP contribution in [0.4, 0.5) is 0 Å². The molecule has 0 spiro atoms. The Morgan fingerprint density at radius 1 is 1.08 bits per heavy atom. The highest BCUT2D eigenvalue weighted by atomic mass is 32.1. The van der Waals surface area contributed by atoms with E-state index in [0.29, 0.717) is 6.54 Å². The predicted octanol–water partition coefficient (Wildman–Crippen LogP) is 3.88. The number of hydrogen-bond donors (Lipinski definition) is 3. The Bertz CT molecular complexity index is 1100. The first-order valence-corrected chi connectivity index (χ1v) is 13.3. The van der Waals surface area contributed by atoms with Crippen molar-refractivity contribution in [2.45, 2.75) is 79.6 Å². The summed E-state index contributed by atoms with van der Waals surface area (Å²) in [6, 6.07) is 8.53. The van der Waals surface area contributed by atoms with Crippen molar-refractivity contribution < 1.29 is 19.5 Å². The summed E-state index contributed by atoms with van der Waals surface area (Å²) in [4.78, 5) is 42.1. The number of aliphatic hydroxyl groups is 1. The van der Waals surface area contributed by atoms with E-state index in [0.717, 1.165) is 11.1 Å². The van der Waals surface area contributed by atoms with Crippen LogP contribution in [-0.4, -0.2) is 52.5 Å². The van der Waals surface area contributed by atoms with E-state index >= 15 is 0 Å². The lowest BCUT2D eigenvalue weighted by Gasteiger charge is -2.36. The maximum Gasteiger partial charge on any atom is 0.246 e. The number of aryl methyl sites for hydroxylation is 1. The van der Waals surface area contributed by atoms with E-state index < -0.39 is 29.0 Å². The van der Waals surface area contributed by atoms with Crippen molar-refractivity contribution >= 4 is 29.1 Å². The summed E-state index contributed by atoms with van der Waals surface area (Å²) in [5, 5.41) is 18.2. The molecule has 1 fully saturated rings. The molecule has 8 heteroatoms. The van der Waals surface area contributed by atoms with E-state index in [2.05, 4.69) is 29.0 Å². The molecule has 2 heterocycles. The average molecular weight is 514 g/mol. The zero-order chi connectivity index (χ0) is 26.8. The molecule has 3 rings (SSSR count). The summed E-state index contributed by atoms with van der Waals surface area (Å²) < 4.78 is 0. The van der Waals surface area contributed by atoms with Crippen molar-refractivity contribution in [2.75, 3.05) is 6.54 Å². The highest BCUT2D eigenvalue weighted by Gasteiger charge is 2.45. The number of rotatable bonds is 6. The quantitative estimate of drug-likeness (QED) is 0.546. The van der Waals surface area contributed by atoms with Crippen molar-refractivity contribution in [2.24, 2.45) is 10.8 Å². The molecule has 0 unspecified atom stereocenters. The van der Waals surface area contributed by atoms with Gasteiger partial charge >= 0.3 is 0 Å². The molecule has 0 radical (unpaired) electrons. The first-order chi connectivity index (χ1) is 16.7. The van der Waals surface area contributed by atoms with Gasteiger partial charge in [0.25, 0.3) is 0 Å². The van der Waals surface area contributed by atoms with Crippen LogP contribution in [0, 0.1) is 17.8 Å². The minimum absolute atomic E-state index is 0.0593. The number of amides is 3. The molecule has 0 saturated carbocycles. The van der Waals surface area contributed by atoms with Crippen LogP contribution in [0.1, 0.15) is 59.1 Å². The van der Waals surface area contributed by atoms with Crippen molar-refractivity contribution in [1.29, 1.82) is 0 Å². The van der Waals surface area contributed by atoms with Crippen molar-refractivity contribution in [3.8, 4) is 10.4 Å². The van der Waals surface area contributed by atoms with E-state index in [1.165, 1.54) is 15.3 Å². The molecule has 3 N–H and O–H groups in total. The van der Waals surface area contributed by atoms with Crippen molar-refractivity contribution in [1.82, 2.24) is 15.5 Å². The first kappa shape index (κ1) is 27.9. The summed E-state index contributed by atoms with van der Waals surface area (Å²) in [7, 11) is 0. The third-order valence-corrected chi connectivity index (χ3v) is 7.54. The Balaban J connectivity index is 1.69. The number of carbonyl (C=O) groups excluding carboxylic acids is 3. The van der Waals surface area contributed by atoms with E-state index in [9.17, 15) is 19.5 Å². The van der Waals surface area contributed by atoms with Crippen LogP contribution >= 0.6 is 11.3 Å². The average Bonchev–Trinajstić information content (AvgIpc) is 3.39. The zero-order valence-corrected chi connectivity index (χ0v) is 23.2. The smallest absolute Gasteiger partial charge is 0.246 e. The van der Waals surface area contributed by atoms with Gasteiger partial charge in [0.15, 0.2) is 0 Å². The number of carbonyl (C=O) groups is 3. The lowest BCUT2D eigenvalue weighted by atomic mass is 9.84. The molecular formula is C28H39N3O4S. The number of likely N-dealkylation sites (tertiary alicyclic amines) is 1. The number of hydrogen-bond acceptors (Lipinski definition) is 5. The standard InChI is InChI=1S/C28H39N3O4S/c1-17-12-13-36-22(17)19-10-8-18(9-11-19)15-29-24(33)21-14-20(32)16-31(21)25(34)23(27(2,3)4)30-26(35)28(5,6)7/h8-13,20-21,23,32H,14-16H2,1-7H3,(H,29,33)(H,30,35)/t20-,21+,23-/m1/s1. The van der Waals surface area contributed by atoms with Gasteiger partial charge in [-0.2, -0.15) is 0 Å². The lowest BCUT2D eigenvalue weighted by Crippen LogP contribution is -2.59. The molecule has 1 saturated heterocycles. The van der Waals surface area contributed by atoms with E-state index in [1.807, 2.05) is 45.0 Å². The molecule has 0 bridgehead atoms. The van der Waals surface area contributed by atoms with Crippen LogP contribution in [0.3, 0.4) is 0 Å². The van der Waals surface area contributed by atoms with Gasteiger partial charge in [-0.3, -0.25) is 14.4 Å². The fraction of sp³-hybridized carbons (Fsp3) is 0.536. The summed E-state index contributed by atoms with van der Waals surface area (Å²) in [5.41, 5.74) is 2.08. The molecule has 2 aromatic rings. The van der Waals surface area contributed by atoms with Gasteiger partial charge in [-0.25, -0.2) is 0 Å². The third-order valence-electron chi connectivity index (χ3n) is 6.48. The fourth-order valence-corrected chi connectivity index (χ4v) is 5.15. The highest BCUT2D eigenvalue weighted by molar-refractivity contribution is 7.13. The molecule has 1 aliphatic heterocycles. The molecule has 36 heavy (non-hydrogen) atoms. The highest BCUT2D eigenvalue weighted by Crippen LogP contribution is 2.30. The number of β-amino-alcohol motifs (C(OH)–C–C–N with tert-alkyl or cyclic N) is 1. The maximum atomic E-state index is 13.6. The van der Waals surface area contributed by atoms with Crippen LogP contribution in [0.2, 0.25) is 0 Å². The van der Waals surface area contributed by atoms with Crippen LogP contribution in [0.15, 0.2) is 35.7 Å². The monoisotopic (exact) mass is 513 g/mol. The molecular weight excluding hydrogens is 474 g/mol. The topological polar surface area (TPSA) is 98.7 Å². The second-order valence-electron chi connectivity index (χ2n) is 11.8.